The van der Waals surface area contributed by atoms with Crippen molar-refractivity contribution in [2.24, 2.45) is 0 Å². The van der Waals surface area contributed by atoms with E-state index < -0.39 is 0 Å². The van der Waals surface area contributed by atoms with Gasteiger partial charge in [-0.3, -0.25) is 9.67 Å². The second-order valence-electron chi connectivity index (χ2n) is 3.43. The number of rotatable bonds is 1. The van der Waals surface area contributed by atoms with E-state index in [0.29, 0.717) is 4.77 Å². The van der Waals surface area contributed by atoms with Crippen LogP contribution in [0.2, 0.25) is 0 Å². The van der Waals surface area contributed by atoms with Crippen LogP contribution < -0.4 is 0 Å². The molecule has 0 fully saturated rings. The monoisotopic (exact) mass is 283 g/mol. The van der Waals surface area contributed by atoms with Gasteiger partial charge in [-0.25, -0.2) is 0 Å². The van der Waals surface area contributed by atoms with Crippen molar-refractivity contribution >= 4 is 28.1 Å². The van der Waals surface area contributed by atoms with Gasteiger partial charge in [-0.15, -0.1) is 0 Å². The van der Waals surface area contributed by atoms with Crippen LogP contribution >= 0.6 is 28.1 Å². The highest BCUT2D eigenvalue weighted by molar-refractivity contribution is 9.10. The second-order valence-corrected chi connectivity index (χ2v) is 4.60. The molecule has 2 rings (SSSR count). The molecule has 3 nitrogen and oxygen atoms in total. The average molecular weight is 284 g/mol. The summed E-state index contributed by atoms with van der Waals surface area (Å²) in [6.07, 6.45) is 1.68. The number of halogens is 1. The topological polar surface area (TPSA) is 33.6 Å². The van der Waals surface area contributed by atoms with Gasteiger partial charge in [0.25, 0.3) is 0 Å². The quantitative estimate of drug-likeness (QED) is 0.815. The predicted molar refractivity (Wildman–Crippen MR) is 65.9 cm³/mol. The number of aromatic amines is 1. The van der Waals surface area contributed by atoms with E-state index in [1.165, 1.54) is 11.1 Å². The van der Waals surface area contributed by atoms with Crippen molar-refractivity contribution in [3.63, 3.8) is 0 Å². The third kappa shape index (κ3) is 1.89. The van der Waals surface area contributed by atoms with E-state index in [2.05, 4.69) is 52.1 Å². The number of hydrogen-bond donors (Lipinski definition) is 1. The standard InChI is InChI=1S/C10H10BrN3S/c1-6-3-8(4-7(2)9(6)11)14-5-12-13-10(14)15/h3-5H,1-2H3,(H,13,15). The predicted octanol–water partition coefficient (Wildman–Crippen LogP) is 3.31. The fourth-order valence-corrected chi connectivity index (χ4v) is 1.93. The Morgan fingerprint density at radius 2 is 1.93 bits per heavy atom. The molecule has 0 unspecified atom stereocenters. The second kappa shape index (κ2) is 3.90. The first-order valence-corrected chi connectivity index (χ1v) is 5.69. The zero-order valence-corrected chi connectivity index (χ0v) is 10.8. The van der Waals surface area contributed by atoms with Gasteiger partial charge in [0, 0.05) is 10.2 Å². The summed E-state index contributed by atoms with van der Waals surface area (Å²) in [5.74, 6) is 0. The molecule has 0 spiro atoms. The Morgan fingerprint density at radius 3 is 2.40 bits per heavy atom. The van der Waals surface area contributed by atoms with E-state index in [1.807, 2.05) is 4.57 Å². The maximum absolute atomic E-state index is 5.12. The molecule has 0 aliphatic heterocycles. The lowest BCUT2D eigenvalue weighted by molar-refractivity contribution is 1.02. The van der Waals surface area contributed by atoms with Crippen molar-refractivity contribution in [1.29, 1.82) is 0 Å². The van der Waals surface area contributed by atoms with Gasteiger partial charge in [0.1, 0.15) is 6.33 Å². The first kappa shape index (κ1) is 10.6. The maximum Gasteiger partial charge on any atom is 0.199 e. The van der Waals surface area contributed by atoms with E-state index >= 15 is 0 Å². The van der Waals surface area contributed by atoms with Crippen LogP contribution in [0.15, 0.2) is 22.9 Å². The zero-order chi connectivity index (χ0) is 11.0. The Bertz CT molecular complexity index is 533. The molecular formula is C10H10BrN3S. The van der Waals surface area contributed by atoms with Gasteiger partial charge in [0.15, 0.2) is 4.77 Å². The summed E-state index contributed by atoms with van der Waals surface area (Å²) in [7, 11) is 0. The number of aromatic nitrogens is 3. The molecule has 1 aromatic carbocycles. The molecule has 1 N–H and O–H groups in total. The van der Waals surface area contributed by atoms with Crippen LogP contribution in [0.4, 0.5) is 0 Å². The highest BCUT2D eigenvalue weighted by Gasteiger charge is 2.04. The first-order valence-electron chi connectivity index (χ1n) is 4.49. The van der Waals surface area contributed by atoms with Crippen molar-refractivity contribution in [3.8, 4) is 5.69 Å². The highest BCUT2D eigenvalue weighted by Crippen LogP contribution is 2.24. The Morgan fingerprint density at radius 1 is 1.33 bits per heavy atom. The largest absolute Gasteiger partial charge is 0.275 e. The Hall–Kier alpha value is -0.940. The molecule has 1 heterocycles. The van der Waals surface area contributed by atoms with Gasteiger partial charge < -0.3 is 0 Å². The van der Waals surface area contributed by atoms with Crippen molar-refractivity contribution in [2.75, 3.05) is 0 Å². The van der Waals surface area contributed by atoms with Gasteiger partial charge in [-0.1, -0.05) is 15.9 Å². The molecule has 0 aliphatic rings. The van der Waals surface area contributed by atoms with Gasteiger partial charge >= 0.3 is 0 Å². The molecule has 0 saturated heterocycles. The molecule has 0 saturated carbocycles. The van der Waals surface area contributed by atoms with Crippen LogP contribution in [0.25, 0.3) is 5.69 Å². The minimum Gasteiger partial charge on any atom is -0.275 e. The number of nitrogens with zero attached hydrogens (tertiary/aromatic N) is 2. The molecule has 0 aliphatic carbocycles. The van der Waals surface area contributed by atoms with E-state index in [4.69, 9.17) is 12.2 Å². The molecule has 78 valence electrons. The lowest BCUT2D eigenvalue weighted by atomic mass is 10.1. The van der Waals surface area contributed by atoms with Gasteiger partial charge in [-0.2, -0.15) is 5.10 Å². The molecule has 1 aromatic heterocycles. The summed E-state index contributed by atoms with van der Waals surface area (Å²) in [5, 5.41) is 6.64. The van der Waals surface area contributed by atoms with Crippen LogP contribution in [0.1, 0.15) is 11.1 Å². The number of benzene rings is 1. The van der Waals surface area contributed by atoms with Crippen molar-refractivity contribution in [2.45, 2.75) is 13.8 Å². The zero-order valence-electron chi connectivity index (χ0n) is 8.41. The Balaban J connectivity index is 2.66. The minimum absolute atomic E-state index is 0.608. The van der Waals surface area contributed by atoms with Gasteiger partial charge in [0.2, 0.25) is 0 Å². The summed E-state index contributed by atoms with van der Waals surface area (Å²) in [4.78, 5) is 0. The van der Waals surface area contributed by atoms with E-state index in [9.17, 15) is 0 Å². The summed E-state index contributed by atoms with van der Waals surface area (Å²) in [6.45, 7) is 4.12. The number of hydrogen-bond acceptors (Lipinski definition) is 2. The van der Waals surface area contributed by atoms with Crippen LogP contribution in [0.5, 0.6) is 0 Å². The molecular weight excluding hydrogens is 274 g/mol. The van der Waals surface area contributed by atoms with E-state index in [1.54, 1.807) is 6.33 Å². The smallest absolute Gasteiger partial charge is 0.199 e. The fourth-order valence-electron chi connectivity index (χ4n) is 1.49. The summed E-state index contributed by atoms with van der Waals surface area (Å²) < 4.78 is 3.60. The third-order valence-electron chi connectivity index (χ3n) is 2.25. The average Bonchev–Trinajstić information content (AvgIpc) is 2.60. The van der Waals surface area contributed by atoms with E-state index in [-0.39, 0.29) is 0 Å². The maximum atomic E-state index is 5.12. The molecule has 0 atom stereocenters. The molecule has 0 radical (unpaired) electrons. The normalized spacial score (nSPS) is 10.6. The van der Waals surface area contributed by atoms with Gasteiger partial charge in [-0.05, 0) is 49.3 Å². The highest BCUT2D eigenvalue weighted by atomic mass is 79.9. The Labute approximate surface area is 101 Å². The first-order chi connectivity index (χ1) is 7.09. The van der Waals surface area contributed by atoms with Crippen LogP contribution in [0, 0.1) is 18.6 Å². The van der Waals surface area contributed by atoms with Crippen molar-refractivity contribution < 1.29 is 0 Å². The van der Waals surface area contributed by atoms with Crippen LogP contribution in [-0.4, -0.2) is 14.8 Å². The molecule has 0 bridgehead atoms. The molecule has 0 amide bonds. The fraction of sp³-hybridized carbons (Fsp3) is 0.200. The minimum atomic E-state index is 0.608. The summed E-state index contributed by atoms with van der Waals surface area (Å²) in [6, 6.07) is 4.14. The SMILES string of the molecule is Cc1cc(-n2cn[nH]c2=S)cc(C)c1Br. The molecule has 5 heteroatoms. The number of nitrogens with one attached hydrogen (secondary N) is 1. The van der Waals surface area contributed by atoms with Gasteiger partial charge in [0.05, 0.1) is 0 Å². The summed E-state index contributed by atoms with van der Waals surface area (Å²) >= 11 is 8.66. The third-order valence-corrected chi connectivity index (χ3v) is 3.79. The lowest BCUT2D eigenvalue weighted by Crippen LogP contribution is -1.95. The van der Waals surface area contributed by atoms with Crippen molar-refractivity contribution in [1.82, 2.24) is 14.8 Å². The number of H-pyrrole nitrogens is 1. The molecule has 2 aromatic rings. The summed E-state index contributed by atoms with van der Waals surface area (Å²) in [5.41, 5.74) is 3.41. The number of aryl methyl sites for hydroxylation is 2. The van der Waals surface area contributed by atoms with E-state index in [0.717, 1.165) is 10.2 Å². The Kier molecular flexibility index (Phi) is 2.75. The van der Waals surface area contributed by atoms with Crippen LogP contribution in [0.3, 0.4) is 0 Å². The molecule has 15 heavy (non-hydrogen) atoms. The lowest BCUT2D eigenvalue weighted by Gasteiger charge is -2.07. The van der Waals surface area contributed by atoms with Crippen molar-refractivity contribution in [3.05, 3.63) is 38.8 Å². The van der Waals surface area contributed by atoms with Crippen LogP contribution in [-0.2, 0) is 0 Å².